The molecule has 0 atom stereocenters. The molecule has 0 rings (SSSR count). The Balaban J connectivity index is 0. The molecule has 0 aromatic heterocycles. The van der Waals surface area contributed by atoms with Crippen LogP contribution >= 0.6 is 0 Å². The maximum Gasteiger partial charge on any atom is 2.00 e. The van der Waals surface area contributed by atoms with E-state index in [2.05, 4.69) is 0 Å². The van der Waals surface area contributed by atoms with Crippen molar-refractivity contribution >= 4 is 0 Å². The molecule has 0 spiro atoms. The van der Waals surface area contributed by atoms with Crippen LogP contribution in [0.4, 0.5) is 0 Å². The van der Waals surface area contributed by atoms with Crippen LogP contribution < -0.4 is 95.9 Å². The maximum absolute atomic E-state index is 0. The van der Waals surface area contributed by atoms with E-state index in [1.807, 2.05) is 0 Å². The number of halogens is 4. The molecule has 0 heterocycles. The minimum absolute atomic E-state index is 0. The first-order valence-electron chi connectivity index (χ1n) is 0. The summed E-state index contributed by atoms with van der Waals surface area (Å²) in [7, 11) is 0. The largest absolute Gasteiger partial charge is 2.00 e. The molecular formula is Cu2I4. The summed E-state index contributed by atoms with van der Waals surface area (Å²) in [5.74, 6) is 0. The molecule has 0 aliphatic heterocycles. The van der Waals surface area contributed by atoms with Crippen molar-refractivity contribution in [2.24, 2.45) is 0 Å². The third kappa shape index (κ3) is 24.6. The number of rotatable bonds is 0. The monoisotopic (exact) mass is 633 g/mol. The third-order valence-electron chi connectivity index (χ3n) is 0. The van der Waals surface area contributed by atoms with Gasteiger partial charge in [-0.15, -0.1) is 0 Å². The smallest absolute Gasteiger partial charge is 1.00 e. The molecule has 2 radical (unpaired) electrons. The van der Waals surface area contributed by atoms with Crippen molar-refractivity contribution in [1.82, 2.24) is 0 Å². The van der Waals surface area contributed by atoms with Crippen LogP contribution in [0.3, 0.4) is 0 Å². The van der Waals surface area contributed by atoms with E-state index in [0.717, 1.165) is 0 Å². The molecule has 50 valence electrons. The summed E-state index contributed by atoms with van der Waals surface area (Å²) >= 11 is 0. The summed E-state index contributed by atoms with van der Waals surface area (Å²) in [6.07, 6.45) is 0. The molecule has 0 amide bonds. The van der Waals surface area contributed by atoms with Crippen LogP contribution in [0.5, 0.6) is 0 Å². The standard InChI is InChI=1S/2Cu.4HI/h;;4*1H/q2*+2;;;;/p-4. The average molecular weight is 635 g/mol. The maximum atomic E-state index is 0. The molecule has 0 saturated carbocycles. The van der Waals surface area contributed by atoms with Gasteiger partial charge >= 0.3 is 34.1 Å². The van der Waals surface area contributed by atoms with Crippen molar-refractivity contribution in [3.05, 3.63) is 0 Å². The van der Waals surface area contributed by atoms with Gasteiger partial charge < -0.3 is 95.9 Å². The topological polar surface area (TPSA) is 0 Å². The van der Waals surface area contributed by atoms with E-state index in [1.54, 1.807) is 0 Å². The fourth-order valence-electron chi connectivity index (χ4n) is 0. The first kappa shape index (κ1) is 51.0. The Morgan fingerprint density at radius 3 is 0.333 bits per heavy atom. The van der Waals surface area contributed by atoms with E-state index in [9.17, 15) is 0 Å². The minimum Gasteiger partial charge on any atom is -1.00 e. The first-order chi connectivity index (χ1) is 0. The van der Waals surface area contributed by atoms with Crippen LogP contribution in [0.1, 0.15) is 0 Å². The Labute approximate surface area is 127 Å². The van der Waals surface area contributed by atoms with Crippen LogP contribution in [0, 0.1) is 0 Å². The van der Waals surface area contributed by atoms with Crippen molar-refractivity contribution in [2.45, 2.75) is 0 Å². The molecule has 6 heavy (non-hydrogen) atoms. The van der Waals surface area contributed by atoms with Gasteiger partial charge in [0.2, 0.25) is 0 Å². The van der Waals surface area contributed by atoms with E-state index in [-0.39, 0.29) is 130 Å². The molecule has 0 saturated heterocycles. The van der Waals surface area contributed by atoms with Crippen LogP contribution in [0.2, 0.25) is 0 Å². The summed E-state index contributed by atoms with van der Waals surface area (Å²) in [5.41, 5.74) is 0. The summed E-state index contributed by atoms with van der Waals surface area (Å²) in [6.45, 7) is 0. The molecular weight excluding hydrogens is 635 g/mol. The fraction of sp³-hybridized carbons (Fsp3) is 0. The van der Waals surface area contributed by atoms with Gasteiger partial charge in [-0.05, 0) is 0 Å². The van der Waals surface area contributed by atoms with Crippen molar-refractivity contribution in [2.75, 3.05) is 0 Å². The molecule has 0 aliphatic carbocycles. The van der Waals surface area contributed by atoms with E-state index < -0.39 is 0 Å². The van der Waals surface area contributed by atoms with E-state index in [4.69, 9.17) is 0 Å². The second-order valence-corrected chi connectivity index (χ2v) is 0. The summed E-state index contributed by atoms with van der Waals surface area (Å²) < 4.78 is 0. The Kier molecular flexibility index (Phi) is 308. The number of hydrogen-bond acceptors (Lipinski definition) is 0. The molecule has 0 aromatic rings. The van der Waals surface area contributed by atoms with Crippen molar-refractivity contribution in [3.8, 4) is 0 Å². The predicted octanol–water partition coefficient (Wildman–Crippen LogP) is -12.0. The van der Waals surface area contributed by atoms with Crippen molar-refractivity contribution in [3.63, 3.8) is 0 Å². The molecule has 6 heteroatoms. The zero-order chi connectivity index (χ0) is 0. The Morgan fingerprint density at radius 2 is 0.333 bits per heavy atom. The summed E-state index contributed by atoms with van der Waals surface area (Å²) in [4.78, 5) is 0. The average Bonchev–Trinajstić information content (AvgIpc) is 0. The quantitative estimate of drug-likeness (QED) is 0.184. The molecule has 0 bridgehead atoms. The normalized spacial score (nSPS) is 0. The zero-order valence-corrected chi connectivity index (χ0v) is 12.6. The van der Waals surface area contributed by atoms with Gasteiger partial charge in [0.25, 0.3) is 0 Å². The molecule has 0 N–H and O–H groups in total. The van der Waals surface area contributed by atoms with Crippen LogP contribution in [-0.4, -0.2) is 0 Å². The second-order valence-electron chi connectivity index (χ2n) is 0. The van der Waals surface area contributed by atoms with E-state index >= 15 is 0 Å². The minimum atomic E-state index is 0. The van der Waals surface area contributed by atoms with Crippen LogP contribution in [0.25, 0.3) is 0 Å². The van der Waals surface area contributed by atoms with Gasteiger partial charge in [0.1, 0.15) is 0 Å². The van der Waals surface area contributed by atoms with Crippen LogP contribution in [0.15, 0.2) is 0 Å². The van der Waals surface area contributed by atoms with E-state index in [1.165, 1.54) is 0 Å². The van der Waals surface area contributed by atoms with Gasteiger partial charge in [0.15, 0.2) is 0 Å². The predicted molar refractivity (Wildman–Crippen MR) is 0 cm³/mol. The Morgan fingerprint density at radius 1 is 0.333 bits per heavy atom. The SMILES string of the molecule is [Cu+2].[Cu+2].[I-].[I-].[I-].[I-]. The molecule has 0 aromatic carbocycles. The Hall–Kier alpha value is 3.96. The van der Waals surface area contributed by atoms with Gasteiger partial charge in [-0.2, -0.15) is 0 Å². The van der Waals surface area contributed by atoms with Gasteiger partial charge in [0, 0.05) is 0 Å². The van der Waals surface area contributed by atoms with Crippen molar-refractivity contribution in [1.29, 1.82) is 0 Å². The summed E-state index contributed by atoms with van der Waals surface area (Å²) in [6, 6.07) is 0. The van der Waals surface area contributed by atoms with E-state index in [0.29, 0.717) is 0 Å². The third-order valence-corrected chi connectivity index (χ3v) is 0. The molecule has 0 nitrogen and oxygen atoms in total. The summed E-state index contributed by atoms with van der Waals surface area (Å²) in [5, 5.41) is 0. The van der Waals surface area contributed by atoms with Crippen LogP contribution in [-0.2, 0) is 34.1 Å². The second kappa shape index (κ2) is 36.2. The molecule has 0 aliphatic rings. The molecule has 0 unspecified atom stereocenters. The van der Waals surface area contributed by atoms with Gasteiger partial charge in [-0.3, -0.25) is 0 Å². The van der Waals surface area contributed by atoms with Gasteiger partial charge in [-0.25, -0.2) is 0 Å². The first-order valence-corrected chi connectivity index (χ1v) is 0. The van der Waals surface area contributed by atoms with Crippen molar-refractivity contribution < 1.29 is 130 Å². The molecule has 0 fully saturated rings. The number of hydrogen-bond donors (Lipinski definition) is 0. The zero-order valence-electron chi connectivity index (χ0n) is 2.11. The van der Waals surface area contributed by atoms with Gasteiger partial charge in [0.05, 0.1) is 0 Å². The Bertz CT molecular complexity index is 5.51. The fourth-order valence-corrected chi connectivity index (χ4v) is 0. The van der Waals surface area contributed by atoms with Gasteiger partial charge in [-0.1, -0.05) is 0 Å².